The summed E-state index contributed by atoms with van der Waals surface area (Å²) in [5.41, 5.74) is -0.691. The SMILES string of the molecule is O=C(Nc1cccc([N+](=O)[O-])c1)Nc1c(F)cccc1F. The molecule has 0 unspecified atom stereocenters. The number of nitrogens with one attached hydrogen (secondary N) is 2. The molecule has 2 rings (SSSR count). The third kappa shape index (κ3) is 3.50. The molecule has 0 saturated carbocycles. The van der Waals surface area contributed by atoms with Crippen LogP contribution in [0.5, 0.6) is 0 Å². The number of rotatable bonds is 3. The van der Waals surface area contributed by atoms with Gasteiger partial charge in [-0.1, -0.05) is 12.1 Å². The summed E-state index contributed by atoms with van der Waals surface area (Å²) in [7, 11) is 0. The van der Waals surface area contributed by atoms with E-state index in [2.05, 4.69) is 5.32 Å². The molecule has 6 nitrogen and oxygen atoms in total. The van der Waals surface area contributed by atoms with Gasteiger partial charge in [0.2, 0.25) is 0 Å². The van der Waals surface area contributed by atoms with E-state index in [9.17, 15) is 23.7 Å². The number of para-hydroxylation sites is 1. The van der Waals surface area contributed by atoms with Crippen LogP contribution in [0.4, 0.5) is 30.6 Å². The molecule has 0 fully saturated rings. The van der Waals surface area contributed by atoms with Crippen LogP contribution in [-0.4, -0.2) is 11.0 Å². The molecule has 0 bridgehead atoms. The zero-order valence-corrected chi connectivity index (χ0v) is 10.5. The molecule has 2 N–H and O–H groups in total. The minimum absolute atomic E-state index is 0.124. The zero-order chi connectivity index (χ0) is 15.4. The van der Waals surface area contributed by atoms with Crippen LogP contribution in [0.3, 0.4) is 0 Å². The second kappa shape index (κ2) is 5.95. The second-order valence-corrected chi connectivity index (χ2v) is 3.98. The number of benzene rings is 2. The number of halogens is 2. The molecule has 0 heterocycles. The first kappa shape index (κ1) is 14.4. The first-order valence-corrected chi connectivity index (χ1v) is 5.74. The Morgan fingerprint density at radius 1 is 1.05 bits per heavy atom. The molecule has 8 heteroatoms. The fourth-order valence-electron chi connectivity index (χ4n) is 1.59. The normalized spacial score (nSPS) is 10.0. The van der Waals surface area contributed by atoms with Crippen molar-refractivity contribution in [1.82, 2.24) is 0 Å². The molecule has 0 aromatic heterocycles. The summed E-state index contributed by atoms with van der Waals surface area (Å²) in [6.45, 7) is 0. The van der Waals surface area contributed by atoms with E-state index in [1.165, 1.54) is 18.2 Å². The van der Waals surface area contributed by atoms with Gasteiger partial charge in [0.05, 0.1) is 4.92 Å². The Hall–Kier alpha value is -3.03. The highest BCUT2D eigenvalue weighted by atomic mass is 19.1. The fraction of sp³-hybridized carbons (Fsp3) is 0. The number of hydrogen-bond donors (Lipinski definition) is 2. The molecule has 2 amide bonds. The predicted molar refractivity (Wildman–Crippen MR) is 72.1 cm³/mol. The van der Waals surface area contributed by atoms with E-state index in [0.717, 1.165) is 24.3 Å². The van der Waals surface area contributed by atoms with E-state index in [0.29, 0.717) is 0 Å². The lowest BCUT2D eigenvalue weighted by molar-refractivity contribution is -0.384. The van der Waals surface area contributed by atoms with Crippen molar-refractivity contribution in [3.8, 4) is 0 Å². The van der Waals surface area contributed by atoms with E-state index >= 15 is 0 Å². The summed E-state index contributed by atoms with van der Waals surface area (Å²) >= 11 is 0. The molecule has 0 saturated heterocycles. The van der Waals surface area contributed by atoms with Crippen molar-refractivity contribution in [2.45, 2.75) is 0 Å². The molecule has 2 aromatic carbocycles. The first-order valence-electron chi connectivity index (χ1n) is 5.74. The Balaban J connectivity index is 2.12. The van der Waals surface area contributed by atoms with E-state index in [4.69, 9.17) is 0 Å². The van der Waals surface area contributed by atoms with Gasteiger partial charge in [0.1, 0.15) is 17.3 Å². The minimum atomic E-state index is -0.927. The smallest absolute Gasteiger partial charge is 0.307 e. The topological polar surface area (TPSA) is 84.3 Å². The summed E-state index contributed by atoms with van der Waals surface area (Å²) in [6, 6.07) is 7.38. The van der Waals surface area contributed by atoms with Gasteiger partial charge in [-0.3, -0.25) is 10.1 Å². The van der Waals surface area contributed by atoms with Gasteiger partial charge >= 0.3 is 6.03 Å². The van der Waals surface area contributed by atoms with Crippen molar-refractivity contribution in [3.05, 3.63) is 64.2 Å². The highest BCUT2D eigenvalue weighted by molar-refractivity contribution is 6.00. The van der Waals surface area contributed by atoms with Crippen LogP contribution in [0, 0.1) is 21.7 Å². The molecular formula is C13H9F2N3O3. The van der Waals surface area contributed by atoms with Crippen LogP contribution in [0.2, 0.25) is 0 Å². The molecule has 0 radical (unpaired) electrons. The average molecular weight is 293 g/mol. The highest BCUT2D eigenvalue weighted by Gasteiger charge is 2.13. The van der Waals surface area contributed by atoms with E-state index in [1.807, 2.05) is 5.32 Å². The number of urea groups is 1. The third-order valence-corrected chi connectivity index (χ3v) is 2.52. The Labute approximate surface area is 117 Å². The molecule has 0 spiro atoms. The Kier molecular flexibility index (Phi) is 4.07. The Morgan fingerprint density at radius 3 is 2.29 bits per heavy atom. The number of non-ortho nitro benzene ring substituents is 1. The summed E-state index contributed by atoms with van der Waals surface area (Å²) in [4.78, 5) is 21.6. The molecule has 2 aromatic rings. The highest BCUT2D eigenvalue weighted by Crippen LogP contribution is 2.20. The number of carbonyl (C=O) groups is 1. The third-order valence-electron chi connectivity index (χ3n) is 2.52. The molecule has 0 aliphatic heterocycles. The number of amides is 2. The molecule has 108 valence electrons. The number of nitro groups is 1. The standard InChI is InChI=1S/C13H9F2N3O3/c14-10-5-2-6-11(15)12(10)17-13(19)16-8-3-1-4-9(7-8)18(20)21/h1-7H,(H2,16,17,19). The van der Waals surface area contributed by atoms with Crippen molar-refractivity contribution >= 4 is 23.1 Å². The summed E-state index contributed by atoms with van der Waals surface area (Å²) in [5, 5.41) is 14.9. The van der Waals surface area contributed by atoms with Gasteiger partial charge < -0.3 is 10.6 Å². The number of carbonyl (C=O) groups excluding carboxylic acids is 1. The number of hydrogen-bond acceptors (Lipinski definition) is 3. The van der Waals surface area contributed by atoms with Crippen molar-refractivity contribution in [1.29, 1.82) is 0 Å². The predicted octanol–water partition coefficient (Wildman–Crippen LogP) is 3.52. The maximum Gasteiger partial charge on any atom is 0.323 e. The first-order chi connectivity index (χ1) is 9.97. The monoisotopic (exact) mass is 293 g/mol. The molecule has 0 aliphatic carbocycles. The van der Waals surface area contributed by atoms with E-state index in [-0.39, 0.29) is 11.4 Å². The average Bonchev–Trinajstić information content (AvgIpc) is 2.43. The van der Waals surface area contributed by atoms with Gasteiger partial charge in [-0.05, 0) is 18.2 Å². The van der Waals surface area contributed by atoms with Crippen LogP contribution in [0.1, 0.15) is 0 Å². The van der Waals surface area contributed by atoms with Crippen LogP contribution in [0.15, 0.2) is 42.5 Å². The van der Waals surface area contributed by atoms with E-state index < -0.39 is 28.3 Å². The Morgan fingerprint density at radius 2 is 1.67 bits per heavy atom. The van der Waals surface area contributed by atoms with Gasteiger partial charge in [-0.25, -0.2) is 13.6 Å². The van der Waals surface area contributed by atoms with Gasteiger partial charge in [-0.2, -0.15) is 0 Å². The fourth-order valence-corrected chi connectivity index (χ4v) is 1.59. The summed E-state index contributed by atoms with van der Waals surface area (Å²) in [5.74, 6) is -1.85. The lowest BCUT2D eigenvalue weighted by Gasteiger charge is -2.09. The lowest BCUT2D eigenvalue weighted by atomic mass is 10.3. The van der Waals surface area contributed by atoms with Crippen LogP contribution < -0.4 is 10.6 Å². The van der Waals surface area contributed by atoms with Crippen molar-refractivity contribution in [2.24, 2.45) is 0 Å². The van der Waals surface area contributed by atoms with Gasteiger partial charge in [0.25, 0.3) is 5.69 Å². The second-order valence-electron chi connectivity index (χ2n) is 3.98. The van der Waals surface area contributed by atoms with Crippen LogP contribution in [0.25, 0.3) is 0 Å². The minimum Gasteiger partial charge on any atom is -0.307 e. The molecule has 21 heavy (non-hydrogen) atoms. The largest absolute Gasteiger partial charge is 0.323 e. The quantitative estimate of drug-likeness (QED) is 0.670. The van der Waals surface area contributed by atoms with Crippen molar-refractivity contribution in [3.63, 3.8) is 0 Å². The number of anilines is 2. The van der Waals surface area contributed by atoms with Crippen molar-refractivity contribution < 1.29 is 18.5 Å². The van der Waals surface area contributed by atoms with Gasteiger partial charge in [0.15, 0.2) is 0 Å². The van der Waals surface area contributed by atoms with Crippen molar-refractivity contribution in [2.75, 3.05) is 10.6 Å². The van der Waals surface area contributed by atoms with Crippen LogP contribution in [-0.2, 0) is 0 Å². The summed E-state index contributed by atoms with van der Waals surface area (Å²) in [6.07, 6.45) is 0. The van der Waals surface area contributed by atoms with Crippen LogP contribution >= 0.6 is 0 Å². The number of nitro benzene ring substituents is 1. The number of nitrogens with zero attached hydrogens (tertiary/aromatic N) is 1. The van der Waals surface area contributed by atoms with Gasteiger partial charge in [-0.15, -0.1) is 0 Å². The van der Waals surface area contributed by atoms with Gasteiger partial charge in [0, 0.05) is 17.8 Å². The summed E-state index contributed by atoms with van der Waals surface area (Å²) < 4.78 is 26.7. The molecule has 0 atom stereocenters. The Bertz CT molecular complexity index is 687. The lowest BCUT2D eigenvalue weighted by Crippen LogP contribution is -2.21. The maximum absolute atomic E-state index is 13.3. The van der Waals surface area contributed by atoms with E-state index in [1.54, 1.807) is 0 Å². The maximum atomic E-state index is 13.3. The zero-order valence-electron chi connectivity index (χ0n) is 10.5. The molecular weight excluding hydrogens is 284 g/mol. The molecule has 0 aliphatic rings.